The lowest BCUT2D eigenvalue weighted by Crippen LogP contribution is -2.26. The van der Waals surface area contributed by atoms with Gasteiger partial charge in [0.05, 0.1) is 16.1 Å². The minimum Gasteiger partial charge on any atom is -0.478 e. The summed E-state index contributed by atoms with van der Waals surface area (Å²) in [6.45, 7) is 1.87. The molecule has 0 radical (unpaired) electrons. The van der Waals surface area contributed by atoms with Crippen molar-refractivity contribution in [2.75, 3.05) is 11.4 Å². The van der Waals surface area contributed by atoms with Crippen LogP contribution in [-0.4, -0.2) is 26.5 Å². The number of nitrogens with zero attached hydrogens (tertiary/aromatic N) is 1. The second kappa shape index (κ2) is 5.57. The van der Waals surface area contributed by atoms with E-state index in [0.29, 0.717) is 5.69 Å². The molecule has 0 aliphatic rings. The molecular formula is C15H15NO4S. The zero-order chi connectivity index (χ0) is 15.6. The van der Waals surface area contributed by atoms with E-state index in [9.17, 15) is 13.2 Å². The highest BCUT2D eigenvalue weighted by atomic mass is 32.2. The largest absolute Gasteiger partial charge is 0.478 e. The fourth-order valence-corrected chi connectivity index (χ4v) is 3.14. The number of carboxylic acid groups (broad SMARTS) is 1. The van der Waals surface area contributed by atoms with Crippen LogP contribution in [0, 0.1) is 6.92 Å². The van der Waals surface area contributed by atoms with Crippen molar-refractivity contribution in [3.05, 3.63) is 59.7 Å². The molecule has 0 saturated carbocycles. The van der Waals surface area contributed by atoms with Crippen LogP contribution in [-0.2, 0) is 10.0 Å². The molecular weight excluding hydrogens is 290 g/mol. The van der Waals surface area contributed by atoms with Crippen LogP contribution in [0.3, 0.4) is 0 Å². The van der Waals surface area contributed by atoms with Crippen LogP contribution in [0.1, 0.15) is 15.9 Å². The number of benzene rings is 2. The Hall–Kier alpha value is -2.34. The topological polar surface area (TPSA) is 74.7 Å². The predicted octanol–water partition coefficient (Wildman–Crippen LogP) is 2.52. The van der Waals surface area contributed by atoms with Gasteiger partial charge in [-0.2, -0.15) is 0 Å². The highest BCUT2D eigenvalue weighted by molar-refractivity contribution is 7.92. The van der Waals surface area contributed by atoms with Crippen molar-refractivity contribution < 1.29 is 18.3 Å². The zero-order valence-electron chi connectivity index (χ0n) is 11.6. The van der Waals surface area contributed by atoms with Crippen LogP contribution in [0.5, 0.6) is 0 Å². The van der Waals surface area contributed by atoms with Gasteiger partial charge in [-0.1, -0.05) is 18.2 Å². The molecule has 2 aromatic carbocycles. The molecule has 2 aromatic rings. The number of aromatic carboxylic acids is 1. The number of anilines is 1. The minimum absolute atomic E-state index is 0.0496. The van der Waals surface area contributed by atoms with Gasteiger partial charge in [0.15, 0.2) is 0 Å². The second-order valence-corrected chi connectivity index (χ2v) is 6.61. The fourth-order valence-electron chi connectivity index (χ4n) is 1.91. The monoisotopic (exact) mass is 305 g/mol. The average Bonchev–Trinajstić information content (AvgIpc) is 2.46. The Morgan fingerprint density at radius 1 is 1.10 bits per heavy atom. The summed E-state index contributed by atoms with van der Waals surface area (Å²) in [5.41, 5.74) is 1.40. The molecule has 0 spiro atoms. The van der Waals surface area contributed by atoms with Crippen molar-refractivity contribution in [2.24, 2.45) is 0 Å². The Kier molecular flexibility index (Phi) is 3.99. The van der Waals surface area contributed by atoms with Gasteiger partial charge in [-0.15, -0.1) is 0 Å². The molecule has 0 aliphatic carbocycles. The van der Waals surface area contributed by atoms with Crippen LogP contribution in [0.2, 0.25) is 0 Å². The summed E-state index contributed by atoms with van der Waals surface area (Å²) >= 11 is 0. The first kappa shape index (κ1) is 15.1. The van der Waals surface area contributed by atoms with Crippen molar-refractivity contribution in [2.45, 2.75) is 11.8 Å². The van der Waals surface area contributed by atoms with Crippen molar-refractivity contribution in [3.8, 4) is 0 Å². The lowest BCUT2D eigenvalue weighted by atomic mass is 10.2. The molecule has 0 aliphatic heterocycles. The van der Waals surface area contributed by atoms with Gasteiger partial charge >= 0.3 is 5.97 Å². The van der Waals surface area contributed by atoms with E-state index in [0.717, 1.165) is 15.9 Å². The standard InChI is InChI=1S/C15H15NO4S/c1-11-5-3-7-13(9-11)16(2)21(19,20)14-8-4-6-12(10-14)15(17)18/h3-10H,1-2H3,(H,17,18). The number of carbonyl (C=O) groups is 1. The molecule has 0 amide bonds. The Balaban J connectivity index is 2.46. The van der Waals surface area contributed by atoms with Gasteiger partial charge in [0, 0.05) is 7.05 Å². The Morgan fingerprint density at radius 2 is 1.76 bits per heavy atom. The van der Waals surface area contributed by atoms with E-state index in [1.807, 2.05) is 13.0 Å². The molecule has 0 unspecified atom stereocenters. The molecule has 0 bridgehead atoms. The van der Waals surface area contributed by atoms with Crippen LogP contribution in [0.15, 0.2) is 53.4 Å². The lowest BCUT2D eigenvalue weighted by Gasteiger charge is -2.20. The third-order valence-corrected chi connectivity index (χ3v) is 4.89. The van der Waals surface area contributed by atoms with E-state index >= 15 is 0 Å². The molecule has 1 N–H and O–H groups in total. The first-order valence-electron chi connectivity index (χ1n) is 6.21. The molecule has 5 nitrogen and oxygen atoms in total. The molecule has 0 fully saturated rings. The quantitative estimate of drug-likeness (QED) is 0.942. The summed E-state index contributed by atoms with van der Waals surface area (Å²) < 4.78 is 26.2. The van der Waals surface area contributed by atoms with Gasteiger partial charge in [-0.05, 0) is 42.8 Å². The normalized spacial score (nSPS) is 11.1. The van der Waals surface area contributed by atoms with Gasteiger partial charge in [-0.25, -0.2) is 13.2 Å². The number of rotatable bonds is 4. The Bertz CT molecular complexity index is 784. The molecule has 2 rings (SSSR count). The van der Waals surface area contributed by atoms with Crippen molar-refractivity contribution in [1.82, 2.24) is 0 Å². The molecule has 0 saturated heterocycles. The van der Waals surface area contributed by atoms with E-state index < -0.39 is 16.0 Å². The third-order valence-electron chi connectivity index (χ3n) is 3.10. The number of aryl methyl sites for hydroxylation is 1. The first-order chi connectivity index (χ1) is 9.82. The SMILES string of the molecule is Cc1cccc(N(C)S(=O)(=O)c2cccc(C(=O)O)c2)c1. The Morgan fingerprint density at radius 3 is 2.38 bits per heavy atom. The van der Waals surface area contributed by atoms with Crippen molar-refractivity contribution in [3.63, 3.8) is 0 Å². The van der Waals surface area contributed by atoms with Gasteiger partial charge in [0.2, 0.25) is 0 Å². The van der Waals surface area contributed by atoms with Crippen LogP contribution in [0.4, 0.5) is 5.69 Å². The fraction of sp³-hybridized carbons (Fsp3) is 0.133. The van der Waals surface area contributed by atoms with Gasteiger partial charge < -0.3 is 5.11 Å². The Labute approximate surface area is 123 Å². The predicted molar refractivity (Wildman–Crippen MR) is 80.2 cm³/mol. The summed E-state index contributed by atoms with van der Waals surface area (Å²) in [7, 11) is -2.35. The smallest absolute Gasteiger partial charge is 0.335 e. The molecule has 6 heteroatoms. The van der Waals surface area contributed by atoms with Crippen LogP contribution >= 0.6 is 0 Å². The van der Waals surface area contributed by atoms with E-state index in [-0.39, 0.29) is 10.5 Å². The van der Waals surface area contributed by atoms with Gasteiger partial charge in [0.1, 0.15) is 0 Å². The summed E-state index contributed by atoms with van der Waals surface area (Å²) in [6, 6.07) is 12.4. The van der Waals surface area contributed by atoms with Crippen LogP contribution < -0.4 is 4.31 Å². The summed E-state index contributed by atoms with van der Waals surface area (Å²) in [5.74, 6) is -1.16. The van der Waals surface area contributed by atoms with Gasteiger partial charge in [-0.3, -0.25) is 4.31 Å². The molecule has 110 valence electrons. The minimum atomic E-state index is -3.79. The average molecular weight is 305 g/mol. The molecule has 0 atom stereocenters. The molecule has 0 heterocycles. The maximum absolute atomic E-state index is 12.6. The third kappa shape index (κ3) is 3.05. The van der Waals surface area contributed by atoms with E-state index in [4.69, 9.17) is 5.11 Å². The van der Waals surface area contributed by atoms with Gasteiger partial charge in [0.25, 0.3) is 10.0 Å². The number of hydrogen-bond acceptors (Lipinski definition) is 3. The maximum atomic E-state index is 12.6. The lowest BCUT2D eigenvalue weighted by molar-refractivity contribution is 0.0696. The summed E-state index contributed by atoms with van der Waals surface area (Å²) in [6.07, 6.45) is 0. The number of hydrogen-bond donors (Lipinski definition) is 1. The van der Waals surface area contributed by atoms with E-state index in [1.54, 1.807) is 18.2 Å². The second-order valence-electron chi connectivity index (χ2n) is 4.64. The van der Waals surface area contributed by atoms with Crippen molar-refractivity contribution >= 4 is 21.7 Å². The highest BCUT2D eigenvalue weighted by Gasteiger charge is 2.22. The number of sulfonamides is 1. The zero-order valence-corrected chi connectivity index (χ0v) is 12.5. The van der Waals surface area contributed by atoms with E-state index in [2.05, 4.69) is 0 Å². The molecule has 21 heavy (non-hydrogen) atoms. The maximum Gasteiger partial charge on any atom is 0.335 e. The van der Waals surface area contributed by atoms with Crippen molar-refractivity contribution in [1.29, 1.82) is 0 Å². The van der Waals surface area contributed by atoms with Crippen LogP contribution in [0.25, 0.3) is 0 Å². The first-order valence-corrected chi connectivity index (χ1v) is 7.65. The highest BCUT2D eigenvalue weighted by Crippen LogP contribution is 2.23. The number of carboxylic acids is 1. The summed E-state index contributed by atoms with van der Waals surface area (Å²) in [4.78, 5) is 10.9. The molecule has 0 aromatic heterocycles. The van der Waals surface area contributed by atoms with E-state index in [1.165, 1.54) is 25.2 Å². The summed E-state index contributed by atoms with van der Waals surface area (Å²) in [5, 5.41) is 8.96.